The second-order valence-electron chi connectivity index (χ2n) is 8.83. The Balaban J connectivity index is 2.11. The lowest BCUT2D eigenvalue weighted by Gasteiger charge is -2.39. The summed E-state index contributed by atoms with van der Waals surface area (Å²) < 4.78 is 10.5. The lowest BCUT2D eigenvalue weighted by molar-refractivity contribution is -0.129. The van der Waals surface area contributed by atoms with Gasteiger partial charge in [0.25, 0.3) is 0 Å². The van der Waals surface area contributed by atoms with Gasteiger partial charge in [0.1, 0.15) is 5.78 Å². The van der Waals surface area contributed by atoms with E-state index in [-0.39, 0.29) is 40.7 Å². The highest BCUT2D eigenvalue weighted by atomic mass is 16.5. The van der Waals surface area contributed by atoms with Crippen LogP contribution >= 0.6 is 0 Å². The molecule has 0 radical (unpaired) electrons. The van der Waals surface area contributed by atoms with E-state index in [9.17, 15) is 9.59 Å². The van der Waals surface area contributed by atoms with E-state index in [1.165, 1.54) is 0 Å². The highest BCUT2D eigenvalue weighted by molar-refractivity contribution is 5.98. The second kappa shape index (κ2) is 8.93. The molecule has 1 aromatic rings. The van der Waals surface area contributed by atoms with Crippen molar-refractivity contribution in [3.8, 4) is 11.5 Å². The zero-order valence-corrected chi connectivity index (χ0v) is 18.2. The molecule has 4 nitrogen and oxygen atoms in total. The van der Waals surface area contributed by atoms with E-state index >= 15 is 0 Å². The van der Waals surface area contributed by atoms with Crippen molar-refractivity contribution in [2.75, 3.05) is 14.2 Å². The van der Waals surface area contributed by atoms with E-state index in [2.05, 4.69) is 32.9 Å². The van der Waals surface area contributed by atoms with Crippen molar-refractivity contribution >= 4 is 11.6 Å². The van der Waals surface area contributed by atoms with Gasteiger partial charge in [-0.2, -0.15) is 0 Å². The molecule has 0 N–H and O–H groups in total. The van der Waals surface area contributed by atoms with Crippen molar-refractivity contribution in [3.05, 3.63) is 35.9 Å². The molecular weight excluding hydrogens is 352 g/mol. The number of ketones is 2. The molecule has 0 saturated carbocycles. The predicted octanol–water partition coefficient (Wildman–Crippen LogP) is 5.36. The Morgan fingerprint density at radius 2 is 1.79 bits per heavy atom. The van der Waals surface area contributed by atoms with E-state index in [4.69, 9.17) is 9.47 Å². The highest BCUT2D eigenvalue weighted by Gasteiger charge is 2.40. The topological polar surface area (TPSA) is 52.6 Å². The van der Waals surface area contributed by atoms with Crippen LogP contribution in [0.2, 0.25) is 0 Å². The maximum absolute atomic E-state index is 13.1. The molecule has 0 fully saturated rings. The minimum atomic E-state index is -0.250. The number of ether oxygens (including phenoxy) is 2. The SMILES string of the molecule is COc1ccc(C(=O)C(C)C(C)CC(=O)C2C(C)C=CCC2(C)C)cc1OC. The van der Waals surface area contributed by atoms with Crippen LogP contribution in [0.25, 0.3) is 0 Å². The Hall–Kier alpha value is -2.10. The van der Waals surface area contributed by atoms with Crippen molar-refractivity contribution in [3.63, 3.8) is 0 Å². The van der Waals surface area contributed by atoms with Gasteiger partial charge in [0.15, 0.2) is 17.3 Å². The smallest absolute Gasteiger partial charge is 0.166 e. The lowest BCUT2D eigenvalue weighted by atomic mass is 9.64. The molecule has 0 bridgehead atoms. The van der Waals surface area contributed by atoms with Crippen molar-refractivity contribution < 1.29 is 19.1 Å². The van der Waals surface area contributed by atoms with Crippen LogP contribution < -0.4 is 9.47 Å². The summed E-state index contributed by atoms with van der Waals surface area (Å²) in [4.78, 5) is 26.1. The Labute approximate surface area is 169 Å². The first kappa shape index (κ1) is 22.2. The molecular formula is C24H34O4. The van der Waals surface area contributed by atoms with Gasteiger partial charge in [0.2, 0.25) is 0 Å². The van der Waals surface area contributed by atoms with Gasteiger partial charge in [-0.25, -0.2) is 0 Å². The Kier molecular flexibility index (Phi) is 7.08. The zero-order chi connectivity index (χ0) is 21.1. The van der Waals surface area contributed by atoms with Gasteiger partial charge in [-0.15, -0.1) is 0 Å². The molecule has 154 valence electrons. The van der Waals surface area contributed by atoms with Gasteiger partial charge in [-0.05, 0) is 41.9 Å². The van der Waals surface area contributed by atoms with E-state index in [1.54, 1.807) is 32.4 Å². The van der Waals surface area contributed by atoms with Crippen LogP contribution in [0.5, 0.6) is 11.5 Å². The third-order valence-corrected chi connectivity index (χ3v) is 6.26. The van der Waals surface area contributed by atoms with Gasteiger partial charge >= 0.3 is 0 Å². The van der Waals surface area contributed by atoms with E-state index in [0.29, 0.717) is 23.5 Å². The van der Waals surface area contributed by atoms with Gasteiger partial charge in [-0.1, -0.05) is 46.8 Å². The van der Waals surface area contributed by atoms with Crippen LogP contribution in [-0.4, -0.2) is 25.8 Å². The average molecular weight is 387 g/mol. The van der Waals surface area contributed by atoms with Gasteiger partial charge in [-0.3, -0.25) is 9.59 Å². The number of rotatable bonds is 8. The molecule has 0 heterocycles. The fraction of sp³-hybridized carbons (Fsp3) is 0.583. The number of carbonyl (C=O) groups excluding carboxylic acids is 2. The standard InChI is InChI=1S/C24H34O4/c1-15-9-8-12-24(4,5)22(15)19(25)13-16(2)17(3)23(26)18-10-11-20(27-6)21(14-18)28-7/h8-11,14-17,22H,12-13H2,1-7H3. The Morgan fingerprint density at radius 3 is 2.36 bits per heavy atom. The summed E-state index contributed by atoms with van der Waals surface area (Å²) in [6.45, 7) is 10.4. The van der Waals surface area contributed by atoms with Crippen molar-refractivity contribution in [2.24, 2.45) is 29.1 Å². The summed E-state index contributed by atoms with van der Waals surface area (Å²) in [6, 6.07) is 5.21. The molecule has 0 aliphatic heterocycles. The number of methoxy groups -OCH3 is 2. The van der Waals surface area contributed by atoms with Crippen LogP contribution in [0.4, 0.5) is 0 Å². The third kappa shape index (κ3) is 4.65. The quantitative estimate of drug-likeness (QED) is 0.446. The summed E-state index contributed by atoms with van der Waals surface area (Å²) in [6.07, 6.45) is 5.67. The molecule has 2 rings (SSSR count). The maximum Gasteiger partial charge on any atom is 0.166 e. The number of carbonyl (C=O) groups is 2. The molecule has 1 aliphatic carbocycles. The van der Waals surface area contributed by atoms with Crippen molar-refractivity contribution in [1.29, 1.82) is 0 Å². The Morgan fingerprint density at radius 1 is 1.14 bits per heavy atom. The van der Waals surface area contributed by atoms with E-state index in [0.717, 1.165) is 6.42 Å². The van der Waals surface area contributed by atoms with Gasteiger partial charge in [0, 0.05) is 23.8 Å². The predicted molar refractivity (Wildman–Crippen MR) is 112 cm³/mol. The number of allylic oxidation sites excluding steroid dienone is 2. The highest BCUT2D eigenvalue weighted by Crippen LogP contribution is 2.42. The van der Waals surface area contributed by atoms with Gasteiger partial charge < -0.3 is 9.47 Å². The molecule has 1 aliphatic rings. The summed E-state index contributed by atoms with van der Waals surface area (Å²) in [5.41, 5.74) is 0.542. The maximum atomic E-state index is 13.1. The normalized spacial score (nSPS) is 23.0. The number of hydrogen-bond donors (Lipinski definition) is 0. The molecule has 28 heavy (non-hydrogen) atoms. The number of benzene rings is 1. The first-order valence-electron chi connectivity index (χ1n) is 10.1. The van der Waals surface area contributed by atoms with Crippen LogP contribution in [0, 0.1) is 29.1 Å². The van der Waals surface area contributed by atoms with Crippen LogP contribution in [0.15, 0.2) is 30.4 Å². The minimum absolute atomic E-state index is 0.00309. The molecule has 0 amide bonds. The fourth-order valence-electron chi connectivity index (χ4n) is 4.40. The van der Waals surface area contributed by atoms with Crippen molar-refractivity contribution in [2.45, 2.75) is 47.5 Å². The number of Topliss-reactive ketones (excluding diaryl/α,β-unsaturated/α-hetero) is 2. The summed E-state index contributed by atoms with van der Waals surface area (Å²) >= 11 is 0. The first-order chi connectivity index (χ1) is 13.1. The third-order valence-electron chi connectivity index (χ3n) is 6.26. The fourth-order valence-corrected chi connectivity index (χ4v) is 4.40. The minimum Gasteiger partial charge on any atom is -0.493 e. The molecule has 0 aromatic heterocycles. The molecule has 0 spiro atoms. The van der Waals surface area contributed by atoms with Crippen LogP contribution in [0.3, 0.4) is 0 Å². The van der Waals surface area contributed by atoms with E-state index in [1.807, 2.05) is 13.8 Å². The molecule has 4 atom stereocenters. The molecule has 1 aromatic carbocycles. The summed E-state index contributed by atoms with van der Waals surface area (Å²) in [7, 11) is 3.12. The average Bonchev–Trinajstić information content (AvgIpc) is 2.65. The van der Waals surface area contributed by atoms with Crippen LogP contribution in [0.1, 0.15) is 57.8 Å². The van der Waals surface area contributed by atoms with Crippen molar-refractivity contribution in [1.82, 2.24) is 0 Å². The Bertz CT molecular complexity index is 747. The first-order valence-corrected chi connectivity index (χ1v) is 10.1. The zero-order valence-electron chi connectivity index (χ0n) is 18.2. The van der Waals surface area contributed by atoms with Gasteiger partial charge in [0.05, 0.1) is 14.2 Å². The lowest BCUT2D eigenvalue weighted by Crippen LogP contribution is -2.38. The van der Waals surface area contributed by atoms with Crippen LogP contribution in [-0.2, 0) is 4.79 Å². The molecule has 4 heteroatoms. The van der Waals surface area contributed by atoms with E-state index < -0.39 is 0 Å². The second-order valence-corrected chi connectivity index (χ2v) is 8.83. The largest absolute Gasteiger partial charge is 0.493 e. The summed E-state index contributed by atoms with van der Waals surface area (Å²) in [5, 5.41) is 0. The monoisotopic (exact) mass is 386 g/mol. The molecule has 0 saturated heterocycles. The number of hydrogen-bond acceptors (Lipinski definition) is 4. The molecule has 4 unspecified atom stereocenters. The summed E-state index contributed by atoms with van der Waals surface area (Å²) in [5.74, 6) is 1.38.